The van der Waals surface area contributed by atoms with Gasteiger partial charge < -0.3 is 5.32 Å². The third-order valence-electron chi connectivity index (χ3n) is 4.10. The second-order valence-electron chi connectivity index (χ2n) is 6.98. The lowest BCUT2D eigenvalue weighted by Crippen LogP contribution is -2.44. The zero-order valence-corrected chi connectivity index (χ0v) is 15.4. The summed E-state index contributed by atoms with van der Waals surface area (Å²) < 4.78 is 0. The van der Waals surface area contributed by atoms with Gasteiger partial charge in [-0.2, -0.15) is 0 Å². The van der Waals surface area contributed by atoms with Crippen LogP contribution in [-0.4, -0.2) is 52.7 Å². The number of nitrogens with one attached hydrogen (secondary N) is 1. The first-order valence-electron chi connectivity index (χ1n) is 8.80. The van der Waals surface area contributed by atoms with Crippen LogP contribution in [0.1, 0.15) is 32.8 Å². The van der Waals surface area contributed by atoms with Gasteiger partial charge in [0.25, 0.3) is 0 Å². The lowest BCUT2D eigenvalue weighted by molar-refractivity contribution is -0.144. The molecule has 1 aromatic carbocycles. The molecule has 1 atom stereocenters. The summed E-state index contributed by atoms with van der Waals surface area (Å²) in [5.41, 5.74) is 1.17. The maximum atomic E-state index is 12.2. The quantitative estimate of drug-likeness (QED) is 0.564. The minimum atomic E-state index is -0.942. The van der Waals surface area contributed by atoms with Crippen molar-refractivity contribution < 1.29 is 19.2 Å². The third kappa shape index (κ3) is 4.91. The molecule has 0 aliphatic carbocycles. The van der Waals surface area contributed by atoms with Crippen LogP contribution in [0.4, 0.5) is 4.79 Å². The summed E-state index contributed by atoms with van der Waals surface area (Å²) in [4.78, 5) is 49.9. The molecule has 26 heavy (non-hydrogen) atoms. The number of nitrogens with zero attached hydrogens (tertiary/aromatic N) is 2. The Bertz CT molecular complexity index is 687. The van der Waals surface area contributed by atoms with Crippen molar-refractivity contribution in [1.82, 2.24) is 15.1 Å². The summed E-state index contributed by atoms with van der Waals surface area (Å²) in [6.07, 6.45) is 1.54. The number of amides is 5. The van der Waals surface area contributed by atoms with Crippen LogP contribution >= 0.6 is 0 Å². The van der Waals surface area contributed by atoms with Gasteiger partial charge in [0.15, 0.2) is 0 Å². The largest absolute Gasteiger partial charge is 0.352 e. The Hall–Kier alpha value is -2.70. The molecule has 1 aromatic rings. The first-order valence-corrected chi connectivity index (χ1v) is 8.80. The van der Waals surface area contributed by atoms with E-state index in [9.17, 15) is 19.2 Å². The molecule has 1 fully saturated rings. The van der Waals surface area contributed by atoms with Crippen molar-refractivity contribution in [2.75, 3.05) is 13.1 Å². The van der Waals surface area contributed by atoms with Gasteiger partial charge in [-0.15, -0.1) is 0 Å². The van der Waals surface area contributed by atoms with Gasteiger partial charge in [-0.1, -0.05) is 44.2 Å². The van der Waals surface area contributed by atoms with Crippen LogP contribution in [-0.2, 0) is 20.8 Å². The zero-order valence-electron chi connectivity index (χ0n) is 15.4. The number of imide groups is 2. The second kappa shape index (κ2) is 8.60. The van der Waals surface area contributed by atoms with Crippen molar-refractivity contribution in [2.45, 2.75) is 39.7 Å². The van der Waals surface area contributed by atoms with Crippen molar-refractivity contribution in [3.8, 4) is 0 Å². The topological polar surface area (TPSA) is 86.8 Å². The molecule has 1 N–H and O–H groups in total. The maximum Gasteiger partial charge on any atom is 0.334 e. The number of carbonyl (C=O) groups excluding carboxylic acids is 4. The Labute approximate surface area is 153 Å². The van der Waals surface area contributed by atoms with Gasteiger partial charge >= 0.3 is 17.8 Å². The Morgan fingerprint density at radius 3 is 2.23 bits per heavy atom. The molecule has 0 spiro atoms. The number of benzene rings is 1. The lowest BCUT2D eigenvalue weighted by Gasteiger charge is -2.18. The van der Waals surface area contributed by atoms with E-state index in [0.717, 1.165) is 17.7 Å². The summed E-state index contributed by atoms with van der Waals surface area (Å²) in [6, 6.07) is 9.07. The summed E-state index contributed by atoms with van der Waals surface area (Å²) >= 11 is 0. The van der Waals surface area contributed by atoms with Gasteiger partial charge in [0.05, 0.1) is 0 Å². The van der Waals surface area contributed by atoms with Gasteiger partial charge in [0.2, 0.25) is 5.91 Å². The molecule has 1 aliphatic heterocycles. The number of hydrogen-bond acceptors (Lipinski definition) is 4. The second-order valence-corrected chi connectivity index (χ2v) is 6.98. The molecule has 7 nitrogen and oxygen atoms in total. The fourth-order valence-electron chi connectivity index (χ4n) is 2.78. The molecule has 0 aromatic heterocycles. The Balaban J connectivity index is 1.85. The Kier molecular flexibility index (Phi) is 6.49. The highest BCUT2D eigenvalue weighted by atomic mass is 16.2. The molecule has 1 saturated heterocycles. The molecule has 5 amide bonds. The van der Waals surface area contributed by atoms with Crippen molar-refractivity contribution in [3.63, 3.8) is 0 Å². The highest BCUT2D eigenvalue weighted by molar-refractivity contribution is 6.45. The predicted octanol–water partition coefficient (Wildman–Crippen LogP) is 1.57. The number of carbonyl (C=O) groups is 4. The van der Waals surface area contributed by atoms with Crippen molar-refractivity contribution >= 4 is 23.8 Å². The molecule has 1 heterocycles. The van der Waals surface area contributed by atoms with Gasteiger partial charge in [0, 0.05) is 12.6 Å². The van der Waals surface area contributed by atoms with Crippen LogP contribution in [0, 0.1) is 5.92 Å². The lowest BCUT2D eigenvalue weighted by atomic mass is 10.1. The maximum absolute atomic E-state index is 12.2. The number of rotatable bonds is 8. The highest BCUT2D eigenvalue weighted by Gasteiger charge is 2.45. The molecule has 140 valence electrons. The fourth-order valence-corrected chi connectivity index (χ4v) is 2.78. The molecule has 0 saturated carbocycles. The normalized spacial score (nSPS) is 15.8. The van der Waals surface area contributed by atoms with E-state index in [0.29, 0.717) is 4.90 Å². The molecule has 0 bridgehead atoms. The first-order chi connectivity index (χ1) is 12.3. The SMILES string of the molecule is CC(C)CN1C(=O)C(=O)N(CC(=O)N[C@@H](C)CCc2ccccc2)C1=O. The van der Waals surface area contributed by atoms with Gasteiger partial charge in [0.1, 0.15) is 6.54 Å². The Morgan fingerprint density at radius 1 is 1.00 bits per heavy atom. The van der Waals surface area contributed by atoms with E-state index in [1.54, 1.807) is 0 Å². The van der Waals surface area contributed by atoms with E-state index in [1.165, 1.54) is 5.56 Å². The monoisotopic (exact) mass is 359 g/mol. The van der Waals surface area contributed by atoms with Crippen LogP contribution in [0.5, 0.6) is 0 Å². The fraction of sp³-hybridized carbons (Fsp3) is 0.474. The molecule has 2 rings (SSSR count). The van der Waals surface area contributed by atoms with Crippen molar-refractivity contribution in [1.29, 1.82) is 0 Å². The standard InChI is InChI=1S/C19H25N3O4/c1-13(2)11-21-17(24)18(25)22(19(21)26)12-16(23)20-14(3)9-10-15-7-5-4-6-8-15/h4-8,13-14H,9-12H2,1-3H3,(H,20,23)/t14-/m0/s1. The number of aryl methyl sites for hydroxylation is 1. The van der Waals surface area contributed by atoms with Gasteiger partial charge in [-0.3, -0.25) is 19.3 Å². The van der Waals surface area contributed by atoms with Crippen LogP contribution < -0.4 is 5.32 Å². The van der Waals surface area contributed by atoms with Crippen molar-refractivity contribution in [3.05, 3.63) is 35.9 Å². The molecular weight excluding hydrogens is 334 g/mol. The summed E-state index contributed by atoms with van der Waals surface area (Å²) in [6.45, 7) is 5.27. The molecule has 0 unspecified atom stereocenters. The summed E-state index contributed by atoms with van der Waals surface area (Å²) in [7, 11) is 0. The van der Waals surface area contributed by atoms with Gasteiger partial charge in [-0.25, -0.2) is 9.69 Å². The van der Waals surface area contributed by atoms with Crippen LogP contribution in [0.15, 0.2) is 30.3 Å². The van der Waals surface area contributed by atoms with Gasteiger partial charge in [-0.05, 0) is 31.2 Å². The van der Waals surface area contributed by atoms with E-state index < -0.39 is 30.3 Å². The van der Waals surface area contributed by atoms with E-state index in [-0.39, 0.29) is 18.5 Å². The van der Waals surface area contributed by atoms with E-state index in [1.807, 2.05) is 51.1 Å². The van der Waals surface area contributed by atoms with Crippen LogP contribution in [0.3, 0.4) is 0 Å². The average molecular weight is 359 g/mol. The molecule has 7 heteroatoms. The predicted molar refractivity (Wildman–Crippen MR) is 96.0 cm³/mol. The number of urea groups is 1. The van der Waals surface area contributed by atoms with E-state index in [4.69, 9.17) is 0 Å². The first kappa shape index (κ1) is 19.6. The summed E-state index contributed by atoms with van der Waals surface area (Å²) in [5.74, 6) is -2.22. The molecule has 0 radical (unpaired) electrons. The minimum Gasteiger partial charge on any atom is -0.352 e. The average Bonchev–Trinajstić information content (AvgIpc) is 2.78. The zero-order chi connectivity index (χ0) is 19.3. The van der Waals surface area contributed by atoms with E-state index >= 15 is 0 Å². The van der Waals surface area contributed by atoms with Crippen LogP contribution in [0.2, 0.25) is 0 Å². The highest BCUT2D eigenvalue weighted by Crippen LogP contribution is 2.14. The summed E-state index contributed by atoms with van der Waals surface area (Å²) in [5, 5.41) is 2.77. The van der Waals surface area contributed by atoms with E-state index in [2.05, 4.69) is 5.32 Å². The van der Waals surface area contributed by atoms with Crippen molar-refractivity contribution in [2.24, 2.45) is 5.92 Å². The smallest absolute Gasteiger partial charge is 0.334 e. The van der Waals surface area contributed by atoms with Crippen LogP contribution in [0.25, 0.3) is 0 Å². The third-order valence-corrected chi connectivity index (χ3v) is 4.10. The number of hydrogen-bond donors (Lipinski definition) is 1. The minimum absolute atomic E-state index is 0.0440. The molecular formula is C19H25N3O4. The molecule has 1 aliphatic rings. The Morgan fingerprint density at radius 2 is 1.62 bits per heavy atom.